The van der Waals surface area contributed by atoms with Gasteiger partial charge in [-0.05, 0) is 31.0 Å². The van der Waals surface area contributed by atoms with Gasteiger partial charge in [0.2, 0.25) is 0 Å². The maximum Gasteiger partial charge on any atom is 0.123 e. The Hall–Kier alpha value is -0.620. The zero-order valence-electron chi connectivity index (χ0n) is 12.1. The zero-order valence-corrected chi connectivity index (χ0v) is 13.7. The second-order valence-corrected chi connectivity index (χ2v) is 6.02. The van der Waals surface area contributed by atoms with Crippen LogP contribution in [0.3, 0.4) is 0 Å². The third-order valence-electron chi connectivity index (χ3n) is 3.74. The van der Waals surface area contributed by atoms with Crippen molar-refractivity contribution in [2.45, 2.75) is 24.9 Å². The van der Waals surface area contributed by atoms with Crippen molar-refractivity contribution in [3.63, 3.8) is 0 Å². The lowest BCUT2D eigenvalue weighted by atomic mass is 10.0. The van der Waals surface area contributed by atoms with E-state index in [4.69, 9.17) is 15.2 Å². The highest BCUT2D eigenvalue weighted by molar-refractivity contribution is 9.10. The van der Waals surface area contributed by atoms with Gasteiger partial charge in [0.15, 0.2) is 0 Å². The van der Waals surface area contributed by atoms with Gasteiger partial charge in [0.25, 0.3) is 0 Å². The van der Waals surface area contributed by atoms with Crippen LogP contribution in [0.15, 0.2) is 22.7 Å². The van der Waals surface area contributed by atoms with Gasteiger partial charge in [-0.3, -0.25) is 4.90 Å². The molecule has 2 N–H and O–H groups in total. The number of nitrogens with zero attached hydrogens (tertiary/aromatic N) is 1. The van der Waals surface area contributed by atoms with E-state index in [0.717, 1.165) is 28.9 Å². The fourth-order valence-electron chi connectivity index (χ4n) is 2.60. The second-order valence-electron chi connectivity index (χ2n) is 5.10. The summed E-state index contributed by atoms with van der Waals surface area (Å²) >= 11 is 3.54. The minimum Gasteiger partial charge on any atom is -0.496 e. The minimum atomic E-state index is 0.171. The number of nitrogens with two attached hydrogens (primary N) is 1. The molecule has 1 aromatic rings. The van der Waals surface area contributed by atoms with Gasteiger partial charge in [-0.25, -0.2) is 0 Å². The van der Waals surface area contributed by atoms with Gasteiger partial charge < -0.3 is 15.2 Å². The molecule has 1 unspecified atom stereocenters. The Morgan fingerprint density at radius 3 is 2.70 bits per heavy atom. The molecule has 0 aromatic heterocycles. The molecule has 1 atom stereocenters. The largest absolute Gasteiger partial charge is 0.496 e. The Bertz CT molecular complexity index is 438. The molecule has 0 heterocycles. The summed E-state index contributed by atoms with van der Waals surface area (Å²) in [6.07, 6.45) is 2.49. The molecule has 4 nitrogen and oxygen atoms in total. The summed E-state index contributed by atoms with van der Waals surface area (Å²) < 4.78 is 11.8. The van der Waals surface area contributed by atoms with Crippen LogP contribution in [0.1, 0.15) is 24.4 Å². The van der Waals surface area contributed by atoms with Crippen LogP contribution < -0.4 is 10.5 Å². The van der Waals surface area contributed by atoms with Crippen molar-refractivity contribution in [3.8, 4) is 5.75 Å². The van der Waals surface area contributed by atoms with Gasteiger partial charge >= 0.3 is 0 Å². The highest BCUT2D eigenvalue weighted by Gasteiger charge is 2.34. The van der Waals surface area contributed by atoms with Crippen molar-refractivity contribution in [3.05, 3.63) is 28.2 Å². The fraction of sp³-hybridized carbons (Fsp3) is 0.600. The second kappa shape index (κ2) is 7.41. The molecule has 0 spiro atoms. The first-order chi connectivity index (χ1) is 9.71. The summed E-state index contributed by atoms with van der Waals surface area (Å²) in [5.74, 6) is 0.895. The first-order valence-corrected chi connectivity index (χ1v) is 7.78. The molecule has 5 heteroatoms. The minimum absolute atomic E-state index is 0.171. The maximum atomic E-state index is 6.06. The van der Waals surface area contributed by atoms with Crippen molar-refractivity contribution < 1.29 is 9.47 Å². The molecule has 0 aliphatic heterocycles. The van der Waals surface area contributed by atoms with E-state index in [9.17, 15) is 0 Å². The number of methoxy groups -OCH3 is 2. The lowest BCUT2D eigenvalue weighted by Gasteiger charge is -2.32. The summed E-state index contributed by atoms with van der Waals surface area (Å²) in [6, 6.07) is 6.89. The van der Waals surface area contributed by atoms with Crippen LogP contribution in [0.25, 0.3) is 0 Å². The van der Waals surface area contributed by atoms with Gasteiger partial charge in [-0.1, -0.05) is 15.9 Å². The van der Waals surface area contributed by atoms with E-state index < -0.39 is 0 Å². The van der Waals surface area contributed by atoms with E-state index in [1.807, 2.05) is 12.1 Å². The number of ether oxygens (including phenoxy) is 2. The Morgan fingerprint density at radius 2 is 2.15 bits per heavy atom. The van der Waals surface area contributed by atoms with Gasteiger partial charge in [0, 0.05) is 36.3 Å². The molecule has 1 aromatic carbocycles. The highest BCUT2D eigenvalue weighted by Crippen LogP contribution is 2.37. The summed E-state index contributed by atoms with van der Waals surface area (Å²) in [5, 5.41) is 0. The van der Waals surface area contributed by atoms with Gasteiger partial charge in [0.1, 0.15) is 5.75 Å². The molecule has 0 amide bonds. The predicted octanol–water partition coefficient (Wildman–Crippen LogP) is 2.57. The Morgan fingerprint density at radius 1 is 1.40 bits per heavy atom. The predicted molar refractivity (Wildman–Crippen MR) is 84.1 cm³/mol. The standard InChI is InChI=1S/C15H23BrN2O2/c1-19-8-7-18(12-4-5-12)14(10-17)13-9-11(16)3-6-15(13)20-2/h3,6,9,12,14H,4-5,7-8,10,17H2,1-2H3. The molecule has 1 fully saturated rings. The van der Waals surface area contributed by atoms with E-state index in [-0.39, 0.29) is 6.04 Å². The Balaban J connectivity index is 2.26. The third kappa shape index (κ3) is 3.73. The number of halogens is 1. The normalized spacial score (nSPS) is 16.4. The smallest absolute Gasteiger partial charge is 0.123 e. The van der Waals surface area contributed by atoms with Gasteiger partial charge in [0.05, 0.1) is 19.8 Å². The van der Waals surface area contributed by atoms with Crippen LogP contribution in [0.2, 0.25) is 0 Å². The molecule has 112 valence electrons. The SMILES string of the molecule is COCCN(C1CC1)C(CN)c1cc(Br)ccc1OC. The van der Waals surface area contributed by atoms with E-state index in [2.05, 4.69) is 26.9 Å². The highest BCUT2D eigenvalue weighted by atomic mass is 79.9. The van der Waals surface area contributed by atoms with Crippen LogP contribution in [-0.2, 0) is 4.74 Å². The number of benzene rings is 1. The van der Waals surface area contributed by atoms with Crippen molar-refractivity contribution >= 4 is 15.9 Å². The summed E-state index contributed by atoms with van der Waals surface area (Å²) in [4.78, 5) is 2.45. The quantitative estimate of drug-likeness (QED) is 0.788. The first-order valence-electron chi connectivity index (χ1n) is 6.99. The maximum absolute atomic E-state index is 6.06. The molecule has 0 radical (unpaired) electrons. The van der Waals surface area contributed by atoms with E-state index >= 15 is 0 Å². The molecule has 1 saturated carbocycles. The molecule has 0 saturated heterocycles. The van der Waals surface area contributed by atoms with E-state index in [1.54, 1.807) is 14.2 Å². The van der Waals surface area contributed by atoms with Crippen LogP contribution >= 0.6 is 15.9 Å². The Kier molecular flexibility index (Phi) is 5.84. The summed E-state index contributed by atoms with van der Waals surface area (Å²) in [6.45, 7) is 2.20. The summed E-state index contributed by atoms with van der Waals surface area (Å²) in [7, 11) is 3.44. The number of rotatable bonds is 8. The van der Waals surface area contributed by atoms with E-state index in [0.29, 0.717) is 12.6 Å². The van der Waals surface area contributed by atoms with Gasteiger partial charge in [-0.2, -0.15) is 0 Å². The third-order valence-corrected chi connectivity index (χ3v) is 4.24. The molecular weight excluding hydrogens is 320 g/mol. The Labute approximate surface area is 129 Å². The number of hydrogen-bond donors (Lipinski definition) is 1. The molecule has 1 aliphatic carbocycles. The molecule has 1 aliphatic rings. The molecular formula is C15H23BrN2O2. The fourth-order valence-corrected chi connectivity index (χ4v) is 2.98. The average molecular weight is 343 g/mol. The lowest BCUT2D eigenvalue weighted by Crippen LogP contribution is -2.38. The monoisotopic (exact) mass is 342 g/mol. The van der Waals surface area contributed by atoms with Crippen molar-refractivity contribution in [2.24, 2.45) is 5.73 Å². The van der Waals surface area contributed by atoms with Crippen molar-refractivity contribution in [1.82, 2.24) is 4.90 Å². The lowest BCUT2D eigenvalue weighted by molar-refractivity contribution is 0.114. The van der Waals surface area contributed by atoms with Crippen LogP contribution in [0.4, 0.5) is 0 Å². The van der Waals surface area contributed by atoms with Crippen LogP contribution in [0, 0.1) is 0 Å². The first kappa shape index (κ1) is 15.8. The van der Waals surface area contributed by atoms with Crippen molar-refractivity contribution in [2.75, 3.05) is 33.9 Å². The topological polar surface area (TPSA) is 47.7 Å². The van der Waals surface area contributed by atoms with Crippen LogP contribution in [0.5, 0.6) is 5.75 Å². The van der Waals surface area contributed by atoms with Crippen LogP contribution in [-0.4, -0.2) is 44.9 Å². The average Bonchev–Trinajstić information content (AvgIpc) is 3.28. The summed E-state index contributed by atoms with van der Waals surface area (Å²) in [5.41, 5.74) is 7.21. The molecule has 2 rings (SSSR count). The molecule has 0 bridgehead atoms. The number of hydrogen-bond acceptors (Lipinski definition) is 4. The molecule has 20 heavy (non-hydrogen) atoms. The van der Waals surface area contributed by atoms with E-state index in [1.165, 1.54) is 12.8 Å². The van der Waals surface area contributed by atoms with Crippen molar-refractivity contribution in [1.29, 1.82) is 0 Å². The van der Waals surface area contributed by atoms with Gasteiger partial charge in [-0.15, -0.1) is 0 Å². The zero-order chi connectivity index (χ0) is 14.5.